The average molecular weight is 465 g/mol. The highest BCUT2D eigenvalue weighted by atomic mass is 16.5. The molecule has 1 fully saturated rings. The van der Waals surface area contributed by atoms with Crippen LogP contribution in [0.2, 0.25) is 0 Å². The summed E-state index contributed by atoms with van der Waals surface area (Å²) >= 11 is 0. The lowest BCUT2D eigenvalue weighted by Crippen LogP contribution is -2.53. The smallest absolute Gasteiger partial charge is 0.260 e. The van der Waals surface area contributed by atoms with Gasteiger partial charge in [0.05, 0.1) is 18.6 Å². The minimum Gasteiger partial charge on any atom is -0.399 e. The maximum absolute atomic E-state index is 13.8. The molecule has 0 bridgehead atoms. The molecule has 1 saturated carbocycles. The van der Waals surface area contributed by atoms with Gasteiger partial charge in [0.25, 0.3) is 5.91 Å². The topological polar surface area (TPSA) is 108 Å². The number of hydrogen-bond donors (Lipinski definition) is 4. The van der Waals surface area contributed by atoms with Gasteiger partial charge in [0.15, 0.2) is 0 Å². The lowest BCUT2D eigenvalue weighted by atomic mass is 9.85. The van der Waals surface area contributed by atoms with Gasteiger partial charge in [0.2, 0.25) is 5.91 Å². The van der Waals surface area contributed by atoms with E-state index in [-0.39, 0.29) is 5.91 Å². The number of nitrogens with two attached hydrogens (primary N) is 1. The number of rotatable bonds is 8. The van der Waals surface area contributed by atoms with E-state index < -0.39 is 18.0 Å². The molecule has 34 heavy (non-hydrogen) atoms. The molecule has 0 saturated heterocycles. The van der Waals surface area contributed by atoms with Crippen LogP contribution in [0.4, 0.5) is 11.4 Å². The van der Waals surface area contributed by atoms with E-state index in [0.717, 1.165) is 29.7 Å². The van der Waals surface area contributed by atoms with Crippen LogP contribution in [0.1, 0.15) is 62.5 Å². The molecule has 2 amide bonds. The Balaban J connectivity index is 1.52. The zero-order valence-electron chi connectivity index (χ0n) is 19.7. The van der Waals surface area contributed by atoms with Gasteiger partial charge < -0.3 is 10.6 Å². The molecule has 2 atom stereocenters. The summed E-state index contributed by atoms with van der Waals surface area (Å²) < 4.78 is 0. The molecule has 1 heterocycles. The minimum atomic E-state index is -0.611. The second-order valence-corrected chi connectivity index (χ2v) is 9.66. The molecule has 1 aliphatic carbocycles. The standard InChI is InChI=1S/C27H36N4O3/c28-22-14-10-20(11-15-22)18-31-25-9-5-4-8-21(25)13-17-24(27(31)33)29-23(26(32)30-34)16-12-19-6-2-1-3-7-19/h4-5,8-11,14-15,19,23-24,29,34H,1-3,6-7,12-13,16-18,28H2,(H,30,32)/t23-,24-/m0/s1. The monoisotopic (exact) mass is 464 g/mol. The lowest BCUT2D eigenvalue weighted by molar-refractivity contribution is -0.132. The SMILES string of the molecule is Nc1ccc(CN2C(=O)[C@@H](N[C@@H](CCC3CCCCC3)C(=O)NO)CCc3ccccc32)cc1. The zero-order chi connectivity index (χ0) is 23.9. The highest BCUT2D eigenvalue weighted by molar-refractivity contribution is 5.99. The van der Waals surface area contributed by atoms with Gasteiger partial charge in [-0.05, 0) is 60.9 Å². The van der Waals surface area contributed by atoms with Crippen LogP contribution in [0.15, 0.2) is 48.5 Å². The second kappa shape index (κ2) is 11.5. The lowest BCUT2D eigenvalue weighted by Gasteiger charge is -2.29. The Morgan fingerprint density at radius 3 is 2.53 bits per heavy atom. The van der Waals surface area contributed by atoms with Crippen molar-refractivity contribution in [3.63, 3.8) is 0 Å². The number of nitrogens with one attached hydrogen (secondary N) is 2. The normalized spacial score (nSPS) is 19.9. The molecule has 7 heteroatoms. The van der Waals surface area contributed by atoms with Crippen molar-refractivity contribution in [2.75, 3.05) is 10.6 Å². The fourth-order valence-electron chi connectivity index (χ4n) is 5.33. The summed E-state index contributed by atoms with van der Waals surface area (Å²) in [6.45, 7) is 0.424. The van der Waals surface area contributed by atoms with Crippen molar-refractivity contribution in [1.82, 2.24) is 10.8 Å². The number of anilines is 2. The number of nitrogen functional groups attached to an aromatic ring is 1. The zero-order valence-corrected chi connectivity index (χ0v) is 19.7. The van der Waals surface area contributed by atoms with Crippen molar-refractivity contribution in [1.29, 1.82) is 0 Å². The van der Waals surface area contributed by atoms with E-state index in [0.29, 0.717) is 31.0 Å². The quantitative estimate of drug-likeness (QED) is 0.269. The Bertz CT molecular complexity index is 972. The first-order chi connectivity index (χ1) is 16.5. The van der Waals surface area contributed by atoms with Crippen molar-refractivity contribution in [3.05, 3.63) is 59.7 Å². The number of aryl methyl sites for hydroxylation is 1. The summed E-state index contributed by atoms with van der Waals surface area (Å²) in [6, 6.07) is 14.4. The van der Waals surface area contributed by atoms with Crippen molar-refractivity contribution < 1.29 is 14.8 Å². The van der Waals surface area contributed by atoms with Crippen molar-refractivity contribution in [2.45, 2.75) is 76.4 Å². The first-order valence-corrected chi connectivity index (χ1v) is 12.5. The molecule has 2 aromatic rings. The van der Waals surface area contributed by atoms with Gasteiger partial charge in [-0.3, -0.25) is 20.1 Å². The highest BCUT2D eigenvalue weighted by Crippen LogP contribution is 2.30. The summed E-state index contributed by atoms with van der Waals surface area (Å²) in [5.74, 6) is 0.0753. The maximum atomic E-state index is 13.8. The van der Waals surface area contributed by atoms with E-state index in [1.807, 2.05) is 47.9 Å². The Hall–Kier alpha value is -2.90. The number of hydroxylamine groups is 1. The van der Waals surface area contributed by atoms with E-state index in [1.54, 1.807) is 4.90 Å². The predicted molar refractivity (Wildman–Crippen MR) is 133 cm³/mol. The summed E-state index contributed by atoms with van der Waals surface area (Å²) in [5, 5.41) is 12.7. The maximum Gasteiger partial charge on any atom is 0.260 e. The first-order valence-electron chi connectivity index (χ1n) is 12.5. The fraction of sp³-hybridized carbons (Fsp3) is 0.481. The summed E-state index contributed by atoms with van der Waals surface area (Å²) in [7, 11) is 0. The molecular formula is C27H36N4O3. The fourth-order valence-corrected chi connectivity index (χ4v) is 5.33. The van der Waals surface area contributed by atoms with Crippen LogP contribution >= 0.6 is 0 Å². The largest absolute Gasteiger partial charge is 0.399 e. The van der Waals surface area contributed by atoms with Crippen LogP contribution in [-0.4, -0.2) is 29.1 Å². The number of carbonyl (C=O) groups is 2. The number of amides is 2. The molecule has 0 aromatic heterocycles. The highest BCUT2D eigenvalue weighted by Gasteiger charge is 2.33. The van der Waals surface area contributed by atoms with Gasteiger partial charge in [-0.2, -0.15) is 0 Å². The summed E-state index contributed by atoms with van der Waals surface area (Å²) in [5.41, 5.74) is 11.3. The number of hydrogen-bond acceptors (Lipinski definition) is 5. The predicted octanol–water partition coefficient (Wildman–Crippen LogP) is 3.94. The van der Waals surface area contributed by atoms with Crippen molar-refractivity contribution in [3.8, 4) is 0 Å². The van der Waals surface area contributed by atoms with E-state index >= 15 is 0 Å². The number of fused-ring (bicyclic) bond motifs is 1. The van der Waals surface area contributed by atoms with Gasteiger partial charge in [-0.25, -0.2) is 5.48 Å². The number of nitrogens with zero attached hydrogens (tertiary/aromatic N) is 1. The van der Waals surface area contributed by atoms with Gasteiger partial charge >= 0.3 is 0 Å². The number of benzene rings is 2. The third kappa shape index (κ3) is 5.96. The molecular weight excluding hydrogens is 428 g/mol. The van der Waals surface area contributed by atoms with Crippen LogP contribution in [0, 0.1) is 5.92 Å². The Morgan fingerprint density at radius 2 is 1.79 bits per heavy atom. The van der Waals surface area contributed by atoms with E-state index in [9.17, 15) is 14.8 Å². The van der Waals surface area contributed by atoms with Crippen LogP contribution in [0.5, 0.6) is 0 Å². The van der Waals surface area contributed by atoms with Gasteiger partial charge in [0.1, 0.15) is 0 Å². The van der Waals surface area contributed by atoms with Crippen LogP contribution < -0.4 is 21.4 Å². The van der Waals surface area contributed by atoms with E-state index in [2.05, 4.69) is 11.4 Å². The molecule has 0 radical (unpaired) electrons. The Morgan fingerprint density at radius 1 is 1.06 bits per heavy atom. The average Bonchev–Trinajstić information content (AvgIpc) is 3.00. The van der Waals surface area contributed by atoms with Crippen LogP contribution in [-0.2, 0) is 22.6 Å². The van der Waals surface area contributed by atoms with Gasteiger partial charge in [0, 0.05) is 11.4 Å². The van der Waals surface area contributed by atoms with E-state index in [4.69, 9.17) is 5.73 Å². The van der Waals surface area contributed by atoms with Crippen molar-refractivity contribution >= 4 is 23.2 Å². The second-order valence-electron chi connectivity index (χ2n) is 9.66. The Kier molecular flexibility index (Phi) is 8.19. The molecule has 1 aliphatic heterocycles. The molecule has 0 spiro atoms. The third-order valence-electron chi connectivity index (χ3n) is 7.29. The van der Waals surface area contributed by atoms with Crippen LogP contribution in [0.25, 0.3) is 0 Å². The minimum absolute atomic E-state index is 0.0600. The third-order valence-corrected chi connectivity index (χ3v) is 7.29. The number of carbonyl (C=O) groups excluding carboxylic acids is 2. The molecule has 0 unspecified atom stereocenters. The molecule has 4 rings (SSSR count). The van der Waals surface area contributed by atoms with E-state index in [1.165, 1.54) is 32.1 Å². The van der Waals surface area contributed by atoms with Crippen LogP contribution in [0.3, 0.4) is 0 Å². The first kappa shape index (κ1) is 24.2. The molecule has 7 nitrogen and oxygen atoms in total. The molecule has 2 aliphatic rings. The van der Waals surface area contributed by atoms with Gasteiger partial charge in [-0.1, -0.05) is 62.4 Å². The van der Waals surface area contributed by atoms with Crippen molar-refractivity contribution in [2.24, 2.45) is 5.92 Å². The molecule has 182 valence electrons. The Labute approximate surface area is 201 Å². The molecule has 5 N–H and O–H groups in total. The summed E-state index contributed by atoms with van der Waals surface area (Å²) in [6.07, 6.45) is 9.01. The summed E-state index contributed by atoms with van der Waals surface area (Å²) in [4.78, 5) is 28.1. The van der Waals surface area contributed by atoms with Gasteiger partial charge in [-0.15, -0.1) is 0 Å². The number of para-hydroxylation sites is 1. The molecule has 2 aromatic carbocycles.